The third-order valence-electron chi connectivity index (χ3n) is 4.03. The molecule has 6 heteroatoms. The number of aliphatic hydroxyl groups excluding tert-OH is 1. The minimum atomic E-state index is -0.0546. The van der Waals surface area contributed by atoms with Crippen molar-refractivity contribution in [1.82, 2.24) is 14.3 Å². The summed E-state index contributed by atoms with van der Waals surface area (Å²) in [5.74, 6) is 0.738. The zero-order valence-corrected chi connectivity index (χ0v) is 12.1. The van der Waals surface area contributed by atoms with E-state index in [0.717, 1.165) is 25.5 Å². The van der Waals surface area contributed by atoms with E-state index >= 15 is 0 Å². The molecule has 1 aliphatic heterocycles. The summed E-state index contributed by atoms with van der Waals surface area (Å²) in [6.45, 7) is 5.52. The van der Waals surface area contributed by atoms with Gasteiger partial charge in [-0.25, -0.2) is 4.98 Å². The average molecular weight is 288 g/mol. The molecule has 0 bridgehead atoms. The van der Waals surface area contributed by atoms with Crippen molar-refractivity contribution < 1.29 is 5.11 Å². The normalized spacial score (nSPS) is 20.1. The summed E-state index contributed by atoms with van der Waals surface area (Å²) < 4.78 is 1.55. The fourth-order valence-electron chi connectivity index (χ4n) is 2.87. The van der Waals surface area contributed by atoms with Crippen LogP contribution in [0.2, 0.25) is 0 Å². The van der Waals surface area contributed by atoms with E-state index < -0.39 is 0 Å². The lowest BCUT2D eigenvalue weighted by Crippen LogP contribution is -2.53. The molecule has 112 valence electrons. The molecule has 0 radical (unpaired) electrons. The van der Waals surface area contributed by atoms with Crippen LogP contribution in [-0.4, -0.2) is 58.2 Å². The first-order chi connectivity index (χ1) is 10.2. The predicted molar refractivity (Wildman–Crippen MR) is 81.8 cm³/mol. The number of hydrogen-bond donors (Lipinski definition) is 1. The lowest BCUT2D eigenvalue weighted by molar-refractivity contribution is 0.146. The van der Waals surface area contributed by atoms with Gasteiger partial charge in [0.25, 0.3) is 5.56 Å². The van der Waals surface area contributed by atoms with Crippen LogP contribution in [0.5, 0.6) is 0 Å². The van der Waals surface area contributed by atoms with Crippen LogP contribution in [-0.2, 0) is 0 Å². The van der Waals surface area contributed by atoms with Crippen LogP contribution in [0.3, 0.4) is 0 Å². The van der Waals surface area contributed by atoms with Crippen molar-refractivity contribution >= 4 is 11.5 Å². The number of nitrogens with zero attached hydrogens (tertiary/aromatic N) is 4. The Morgan fingerprint density at radius 1 is 1.38 bits per heavy atom. The number of hydrogen-bond acceptors (Lipinski definition) is 5. The molecule has 3 rings (SSSR count). The minimum absolute atomic E-state index is 0.0546. The topological polar surface area (TPSA) is 61.1 Å². The molecule has 1 aliphatic rings. The molecule has 21 heavy (non-hydrogen) atoms. The van der Waals surface area contributed by atoms with Gasteiger partial charge in [0, 0.05) is 44.5 Å². The molecule has 0 aliphatic carbocycles. The molecule has 0 spiro atoms. The van der Waals surface area contributed by atoms with Crippen LogP contribution in [0, 0.1) is 0 Å². The molecule has 0 aromatic carbocycles. The number of anilines is 1. The van der Waals surface area contributed by atoms with Gasteiger partial charge in [-0.3, -0.25) is 14.1 Å². The molecule has 1 fully saturated rings. The van der Waals surface area contributed by atoms with Gasteiger partial charge in [-0.1, -0.05) is 6.07 Å². The predicted octanol–water partition coefficient (Wildman–Crippen LogP) is 0.197. The lowest BCUT2D eigenvalue weighted by Gasteiger charge is -2.40. The molecule has 1 N–H and O–H groups in total. The number of aliphatic hydroxyl groups is 1. The minimum Gasteiger partial charge on any atom is -0.395 e. The molecule has 0 saturated carbocycles. The van der Waals surface area contributed by atoms with Crippen LogP contribution in [0.4, 0.5) is 5.82 Å². The van der Waals surface area contributed by atoms with Crippen LogP contribution < -0.4 is 10.5 Å². The van der Waals surface area contributed by atoms with E-state index in [9.17, 15) is 4.79 Å². The highest BCUT2D eigenvalue weighted by atomic mass is 16.3. The van der Waals surface area contributed by atoms with Crippen molar-refractivity contribution in [3.63, 3.8) is 0 Å². The van der Waals surface area contributed by atoms with E-state index in [1.54, 1.807) is 16.7 Å². The first-order valence-electron chi connectivity index (χ1n) is 7.27. The molecule has 3 heterocycles. The van der Waals surface area contributed by atoms with E-state index in [2.05, 4.69) is 21.7 Å². The SMILES string of the molecule is C[C@@H]1CN(c2cc(=O)n3ccccc3n2)CCN1CCO. The summed E-state index contributed by atoms with van der Waals surface area (Å²) in [5, 5.41) is 9.06. The Balaban J connectivity index is 1.86. The van der Waals surface area contributed by atoms with Crippen LogP contribution >= 0.6 is 0 Å². The molecule has 0 amide bonds. The Kier molecular flexibility index (Phi) is 3.90. The number of piperazine rings is 1. The summed E-state index contributed by atoms with van der Waals surface area (Å²) in [6, 6.07) is 7.48. The van der Waals surface area contributed by atoms with Crippen LogP contribution in [0.15, 0.2) is 35.3 Å². The third-order valence-corrected chi connectivity index (χ3v) is 4.03. The second-order valence-electron chi connectivity index (χ2n) is 5.44. The van der Waals surface area contributed by atoms with Gasteiger partial charge in [0.05, 0.1) is 6.61 Å². The Morgan fingerprint density at radius 3 is 3.00 bits per heavy atom. The maximum absolute atomic E-state index is 12.1. The molecule has 1 atom stereocenters. The summed E-state index contributed by atoms with van der Waals surface area (Å²) in [4.78, 5) is 21.1. The Labute approximate surface area is 123 Å². The second kappa shape index (κ2) is 5.83. The Bertz CT molecular complexity index is 685. The van der Waals surface area contributed by atoms with Gasteiger partial charge in [-0.15, -0.1) is 0 Å². The van der Waals surface area contributed by atoms with Crippen molar-refractivity contribution in [2.45, 2.75) is 13.0 Å². The highest BCUT2D eigenvalue weighted by Gasteiger charge is 2.24. The fourth-order valence-corrected chi connectivity index (χ4v) is 2.87. The van der Waals surface area contributed by atoms with Crippen molar-refractivity contribution in [1.29, 1.82) is 0 Å². The number of β-amino-alcohol motifs (C(OH)–C–C–N with tert-alkyl or cyclic N) is 1. The third kappa shape index (κ3) is 2.77. The van der Waals surface area contributed by atoms with Gasteiger partial charge in [-0.2, -0.15) is 0 Å². The highest BCUT2D eigenvalue weighted by molar-refractivity contribution is 5.48. The maximum Gasteiger partial charge on any atom is 0.259 e. The smallest absolute Gasteiger partial charge is 0.259 e. The maximum atomic E-state index is 12.1. The molecule has 0 unspecified atom stereocenters. The quantitative estimate of drug-likeness (QED) is 0.874. The average Bonchev–Trinajstić information content (AvgIpc) is 2.49. The highest BCUT2D eigenvalue weighted by Crippen LogP contribution is 2.16. The number of rotatable bonds is 3. The van der Waals surface area contributed by atoms with Crippen molar-refractivity contribution in [2.24, 2.45) is 0 Å². The van der Waals surface area contributed by atoms with Gasteiger partial charge in [0.15, 0.2) is 0 Å². The molecular formula is C15H20N4O2. The van der Waals surface area contributed by atoms with Crippen molar-refractivity contribution in [2.75, 3.05) is 37.7 Å². The Hall–Kier alpha value is -1.92. The lowest BCUT2D eigenvalue weighted by atomic mass is 10.2. The molecular weight excluding hydrogens is 268 g/mol. The summed E-state index contributed by atoms with van der Waals surface area (Å²) in [7, 11) is 0. The summed E-state index contributed by atoms with van der Waals surface area (Å²) >= 11 is 0. The van der Waals surface area contributed by atoms with Gasteiger partial charge >= 0.3 is 0 Å². The molecule has 2 aromatic rings. The largest absolute Gasteiger partial charge is 0.395 e. The monoisotopic (exact) mass is 288 g/mol. The molecule has 2 aromatic heterocycles. The van der Waals surface area contributed by atoms with Gasteiger partial charge < -0.3 is 10.0 Å². The van der Waals surface area contributed by atoms with Gasteiger partial charge in [0.2, 0.25) is 0 Å². The fraction of sp³-hybridized carbons (Fsp3) is 0.467. The first-order valence-corrected chi connectivity index (χ1v) is 7.27. The zero-order valence-electron chi connectivity index (χ0n) is 12.1. The van der Waals surface area contributed by atoms with Crippen LogP contribution in [0.1, 0.15) is 6.92 Å². The standard InChI is InChI=1S/C15H20N4O2/c1-12-11-18(7-6-17(12)8-9-20)14-10-15(21)19-5-3-2-4-13(19)16-14/h2-5,10,12,20H,6-9,11H2,1H3/t12-/m1/s1. The van der Waals surface area contributed by atoms with E-state index in [4.69, 9.17) is 5.11 Å². The Morgan fingerprint density at radius 2 is 2.24 bits per heavy atom. The van der Waals surface area contributed by atoms with E-state index in [-0.39, 0.29) is 12.2 Å². The summed E-state index contributed by atoms with van der Waals surface area (Å²) in [6.07, 6.45) is 1.73. The number of pyridine rings is 1. The summed E-state index contributed by atoms with van der Waals surface area (Å²) in [5.41, 5.74) is 0.617. The number of fused-ring (bicyclic) bond motifs is 1. The van der Waals surface area contributed by atoms with Crippen molar-refractivity contribution in [3.8, 4) is 0 Å². The first kappa shape index (κ1) is 14.0. The van der Waals surface area contributed by atoms with E-state index in [1.165, 1.54) is 0 Å². The van der Waals surface area contributed by atoms with Crippen molar-refractivity contribution in [3.05, 3.63) is 40.8 Å². The molecule has 1 saturated heterocycles. The second-order valence-corrected chi connectivity index (χ2v) is 5.44. The van der Waals surface area contributed by atoms with Gasteiger partial charge in [-0.05, 0) is 19.1 Å². The molecule has 6 nitrogen and oxygen atoms in total. The van der Waals surface area contributed by atoms with E-state index in [1.807, 2.05) is 18.2 Å². The number of aromatic nitrogens is 2. The van der Waals surface area contributed by atoms with E-state index in [0.29, 0.717) is 18.2 Å². The van der Waals surface area contributed by atoms with Crippen LogP contribution in [0.25, 0.3) is 5.65 Å². The van der Waals surface area contributed by atoms with Gasteiger partial charge in [0.1, 0.15) is 11.5 Å². The zero-order chi connectivity index (χ0) is 14.8.